The fourth-order valence-electron chi connectivity index (χ4n) is 2.36. The number of rotatable bonds is 1. The molecule has 2 aliphatic rings. The molecule has 0 aromatic heterocycles. The molecule has 1 fully saturated rings. The van der Waals surface area contributed by atoms with Crippen molar-refractivity contribution in [2.24, 2.45) is 11.1 Å². The molecule has 1 unspecified atom stereocenters. The van der Waals surface area contributed by atoms with Crippen molar-refractivity contribution in [3.05, 3.63) is 23.3 Å². The molecule has 0 saturated heterocycles. The second-order valence-electron chi connectivity index (χ2n) is 5.52. The average Bonchev–Trinajstić information content (AvgIpc) is 3.07. The first-order valence-electron chi connectivity index (χ1n) is 6.25. The van der Waals surface area contributed by atoms with Crippen molar-refractivity contribution in [1.82, 2.24) is 0 Å². The molecule has 1 heterocycles. The maximum Gasteiger partial charge on any atom is 0.161 e. The van der Waals surface area contributed by atoms with Crippen LogP contribution >= 0.6 is 0 Å². The van der Waals surface area contributed by atoms with E-state index < -0.39 is 0 Å². The van der Waals surface area contributed by atoms with E-state index in [1.54, 1.807) is 0 Å². The zero-order valence-corrected chi connectivity index (χ0v) is 10.5. The average molecular weight is 233 g/mol. The Balaban J connectivity index is 1.95. The summed E-state index contributed by atoms with van der Waals surface area (Å²) in [5, 5.41) is 0. The van der Waals surface area contributed by atoms with Gasteiger partial charge in [0.2, 0.25) is 0 Å². The molecule has 17 heavy (non-hydrogen) atoms. The van der Waals surface area contributed by atoms with Crippen molar-refractivity contribution >= 4 is 0 Å². The molecular formula is C14H19NO2. The van der Waals surface area contributed by atoms with Gasteiger partial charge in [-0.3, -0.25) is 0 Å². The Bertz CT molecular complexity index is 450. The van der Waals surface area contributed by atoms with Crippen LogP contribution in [-0.4, -0.2) is 13.2 Å². The first-order valence-corrected chi connectivity index (χ1v) is 6.25. The predicted octanol–water partition coefficient (Wildman–Crippen LogP) is 2.57. The smallest absolute Gasteiger partial charge is 0.161 e. The number of ether oxygens (including phenoxy) is 2. The second kappa shape index (κ2) is 3.64. The van der Waals surface area contributed by atoms with Gasteiger partial charge in [-0.15, -0.1) is 0 Å². The van der Waals surface area contributed by atoms with E-state index in [0.717, 1.165) is 30.3 Å². The van der Waals surface area contributed by atoms with E-state index in [1.165, 1.54) is 18.4 Å². The highest BCUT2D eigenvalue weighted by Crippen LogP contribution is 2.49. The lowest BCUT2D eigenvalue weighted by atomic mass is 10.0. The number of nitrogens with two attached hydrogens (primary N) is 1. The third-order valence-electron chi connectivity index (χ3n) is 3.85. The van der Waals surface area contributed by atoms with E-state index in [2.05, 4.69) is 13.0 Å². The summed E-state index contributed by atoms with van der Waals surface area (Å²) in [6.45, 7) is 5.63. The molecule has 0 bridgehead atoms. The minimum atomic E-state index is 0.0297. The zero-order valence-electron chi connectivity index (χ0n) is 10.5. The summed E-state index contributed by atoms with van der Waals surface area (Å²) in [5.74, 6) is 1.72. The molecule has 1 spiro atoms. The predicted molar refractivity (Wildman–Crippen MR) is 66.4 cm³/mol. The van der Waals surface area contributed by atoms with Gasteiger partial charge in [0, 0.05) is 11.5 Å². The summed E-state index contributed by atoms with van der Waals surface area (Å²) in [6.07, 6.45) is 2.44. The van der Waals surface area contributed by atoms with E-state index in [4.69, 9.17) is 15.2 Å². The summed E-state index contributed by atoms with van der Waals surface area (Å²) < 4.78 is 11.8. The SMILES string of the molecule is Cc1cc2c(cc1C(C)N)OCC1(CC1)CO2. The Morgan fingerprint density at radius 2 is 1.76 bits per heavy atom. The monoisotopic (exact) mass is 233 g/mol. The molecule has 0 radical (unpaired) electrons. The number of hydrogen-bond acceptors (Lipinski definition) is 3. The van der Waals surface area contributed by atoms with E-state index >= 15 is 0 Å². The molecule has 3 rings (SSSR count). The van der Waals surface area contributed by atoms with Crippen LogP contribution in [0.2, 0.25) is 0 Å². The highest BCUT2D eigenvalue weighted by atomic mass is 16.5. The van der Waals surface area contributed by atoms with Gasteiger partial charge in [0.1, 0.15) is 0 Å². The summed E-state index contributed by atoms with van der Waals surface area (Å²) in [6, 6.07) is 4.12. The Hall–Kier alpha value is -1.22. The Morgan fingerprint density at radius 1 is 1.18 bits per heavy atom. The standard InChI is InChI=1S/C14H19NO2/c1-9-5-12-13(6-11(9)10(2)15)17-8-14(3-4-14)7-16-12/h5-6,10H,3-4,7-8,15H2,1-2H3. The third kappa shape index (κ3) is 1.89. The van der Waals surface area contributed by atoms with Crippen LogP contribution in [-0.2, 0) is 0 Å². The lowest BCUT2D eigenvalue weighted by Gasteiger charge is -2.14. The second-order valence-corrected chi connectivity index (χ2v) is 5.52. The van der Waals surface area contributed by atoms with Gasteiger partial charge in [-0.25, -0.2) is 0 Å². The molecule has 92 valence electrons. The van der Waals surface area contributed by atoms with Crippen LogP contribution in [0.15, 0.2) is 12.1 Å². The zero-order chi connectivity index (χ0) is 12.0. The van der Waals surface area contributed by atoms with Crippen LogP contribution in [0, 0.1) is 12.3 Å². The Kier molecular flexibility index (Phi) is 2.33. The molecule has 3 nitrogen and oxygen atoms in total. The van der Waals surface area contributed by atoms with Crippen molar-refractivity contribution in [3.8, 4) is 11.5 Å². The van der Waals surface area contributed by atoms with E-state index in [0.29, 0.717) is 5.41 Å². The molecule has 1 atom stereocenters. The molecule has 1 aromatic rings. The molecule has 2 N–H and O–H groups in total. The fraction of sp³-hybridized carbons (Fsp3) is 0.571. The minimum absolute atomic E-state index is 0.0297. The van der Waals surface area contributed by atoms with Crippen molar-refractivity contribution in [2.75, 3.05) is 13.2 Å². The van der Waals surface area contributed by atoms with Gasteiger partial charge in [0.25, 0.3) is 0 Å². The van der Waals surface area contributed by atoms with Gasteiger partial charge in [-0.2, -0.15) is 0 Å². The summed E-state index contributed by atoms with van der Waals surface area (Å²) in [7, 11) is 0. The van der Waals surface area contributed by atoms with Gasteiger partial charge < -0.3 is 15.2 Å². The van der Waals surface area contributed by atoms with E-state index in [9.17, 15) is 0 Å². The summed E-state index contributed by atoms with van der Waals surface area (Å²) in [4.78, 5) is 0. The van der Waals surface area contributed by atoms with Gasteiger partial charge >= 0.3 is 0 Å². The maximum absolute atomic E-state index is 5.96. The van der Waals surface area contributed by atoms with Crippen LogP contribution < -0.4 is 15.2 Å². The maximum atomic E-state index is 5.96. The highest BCUT2D eigenvalue weighted by Gasteiger charge is 2.46. The van der Waals surface area contributed by atoms with Crippen LogP contribution in [0.4, 0.5) is 0 Å². The fourth-order valence-corrected chi connectivity index (χ4v) is 2.36. The van der Waals surface area contributed by atoms with Crippen molar-refractivity contribution in [3.63, 3.8) is 0 Å². The van der Waals surface area contributed by atoms with Gasteiger partial charge in [-0.05, 0) is 49.9 Å². The molecule has 1 aliphatic heterocycles. The molecule has 1 aromatic carbocycles. The largest absolute Gasteiger partial charge is 0.489 e. The normalized spacial score (nSPS) is 22.1. The summed E-state index contributed by atoms with van der Waals surface area (Å²) >= 11 is 0. The summed E-state index contributed by atoms with van der Waals surface area (Å²) in [5.41, 5.74) is 8.56. The van der Waals surface area contributed by atoms with Crippen LogP contribution in [0.25, 0.3) is 0 Å². The lowest BCUT2D eigenvalue weighted by molar-refractivity contribution is 0.197. The van der Waals surface area contributed by atoms with Gasteiger partial charge in [0.05, 0.1) is 13.2 Å². The number of hydrogen-bond donors (Lipinski definition) is 1. The van der Waals surface area contributed by atoms with Crippen molar-refractivity contribution in [2.45, 2.75) is 32.7 Å². The molecule has 1 saturated carbocycles. The lowest BCUT2D eigenvalue weighted by Crippen LogP contribution is -2.17. The highest BCUT2D eigenvalue weighted by molar-refractivity contribution is 5.48. The molecule has 1 aliphatic carbocycles. The van der Waals surface area contributed by atoms with Crippen molar-refractivity contribution < 1.29 is 9.47 Å². The Morgan fingerprint density at radius 3 is 2.29 bits per heavy atom. The van der Waals surface area contributed by atoms with Crippen LogP contribution in [0.1, 0.15) is 36.9 Å². The van der Waals surface area contributed by atoms with E-state index in [1.807, 2.05) is 13.0 Å². The topological polar surface area (TPSA) is 44.5 Å². The van der Waals surface area contributed by atoms with Gasteiger partial charge in [0.15, 0.2) is 11.5 Å². The third-order valence-corrected chi connectivity index (χ3v) is 3.85. The first-order chi connectivity index (χ1) is 8.10. The van der Waals surface area contributed by atoms with Crippen molar-refractivity contribution in [1.29, 1.82) is 0 Å². The van der Waals surface area contributed by atoms with Crippen LogP contribution in [0.5, 0.6) is 11.5 Å². The quantitative estimate of drug-likeness (QED) is 0.810. The Labute approximate surface area is 102 Å². The first kappa shape index (κ1) is 10.9. The number of benzene rings is 1. The number of fused-ring (bicyclic) bond motifs is 1. The van der Waals surface area contributed by atoms with E-state index in [-0.39, 0.29) is 6.04 Å². The molecule has 0 amide bonds. The minimum Gasteiger partial charge on any atom is -0.489 e. The van der Waals surface area contributed by atoms with Gasteiger partial charge in [-0.1, -0.05) is 0 Å². The van der Waals surface area contributed by atoms with Crippen LogP contribution in [0.3, 0.4) is 0 Å². The molecular weight excluding hydrogens is 214 g/mol. The molecule has 3 heteroatoms. The number of aryl methyl sites for hydroxylation is 1.